The van der Waals surface area contributed by atoms with Crippen LogP contribution in [0.1, 0.15) is 23.1 Å². The minimum absolute atomic E-state index is 0.0561. The Labute approximate surface area is 128 Å². The molecule has 0 amide bonds. The molecular formula is C17H16ClF2N. The van der Waals surface area contributed by atoms with Crippen molar-refractivity contribution in [3.8, 4) is 0 Å². The Morgan fingerprint density at radius 2 is 1.71 bits per heavy atom. The molecule has 0 spiro atoms. The van der Waals surface area contributed by atoms with Gasteiger partial charge in [-0.15, -0.1) is 11.6 Å². The van der Waals surface area contributed by atoms with Gasteiger partial charge in [0, 0.05) is 19.0 Å². The van der Waals surface area contributed by atoms with Gasteiger partial charge in [0.05, 0.1) is 0 Å². The van der Waals surface area contributed by atoms with Gasteiger partial charge in [0.25, 0.3) is 0 Å². The Morgan fingerprint density at radius 3 is 2.38 bits per heavy atom. The van der Waals surface area contributed by atoms with Crippen LogP contribution < -0.4 is 4.90 Å². The average molecular weight is 308 g/mol. The molecule has 21 heavy (non-hydrogen) atoms. The van der Waals surface area contributed by atoms with Gasteiger partial charge in [-0.3, -0.25) is 0 Å². The molecule has 0 atom stereocenters. The predicted molar refractivity (Wildman–Crippen MR) is 81.7 cm³/mol. The second-order valence-corrected chi connectivity index (χ2v) is 5.60. The van der Waals surface area contributed by atoms with E-state index in [0.29, 0.717) is 18.7 Å². The molecule has 4 heteroatoms. The van der Waals surface area contributed by atoms with Crippen LogP contribution >= 0.6 is 11.6 Å². The van der Waals surface area contributed by atoms with E-state index in [1.165, 1.54) is 17.7 Å². The molecule has 2 aromatic carbocycles. The van der Waals surface area contributed by atoms with E-state index in [9.17, 15) is 8.78 Å². The fraction of sp³-hybridized carbons (Fsp3) is 0.294. The van der Waals surface area contributed by atoms with E-state index in [-0.39, 0.29) is 11.6 Å². The van der Waals surface area contributed by atoms with Crippen LogP contribution in [-0.4, -0.2) is 6.54 Å². The van der Waals surface area contributed by atoms with E-state index >= 15 is 0 Å². The number of hydrogen-bond donors (Lipinski definition) is 0. The third-order valence-electron chi connectivity index (χ3n) is 3.90. The average Bonchev–Trinajstić information content (AvgIpc) is 2.68. The zero-order chi connectivity index (χ0) is 14.8. The monoisotopic (exact) mass is 307 g/mol. The van der Waals surface area contributed by atoms with Crippen LogP contribution in [0.5, 0.6) is 0 Å². The molecule has 0 aliphatic carbocycles. The van der Waals surface area contributed by atoms with Crippen molar-refractivity contribution in [2.75, 3.05) is 11.4 Å². The number of benzene rings is 2. The standard InChI is InChI=1S/C17H16ClF2N/c18-10-12-8-15(19)17(16(20)9-12)21-7-3-6-13-4-1-2-5-14(13)11-21/h1-2,4-5,8-9H,3,6-7,10-11H2. The Balaban J connectivity index is 1.98. The summed E-state index contributed by atoms with van der Waals surface area (Å²) in [4.78, 5) is 1.79. The van der Waals surface area contributed by atoms with Crippen molar-refractivity contribution in [3.05, 3.63) is 64.7 Å². The highest BCUT2D eigenvalue weighted by molar-refractivity contribution is 6.17. The molecule has 0 saturated carbocycles. The molecular weight excluding hydrogens is 292 g/mol. The van der Waals surface area contributed by atoms with Crippen LogP contribution in [0.15, 0.2) is 36.4 Å². The summed E-state index contributed by atoms with van der Waals surface area (Å²) in [6.07, 6.45) is 1.82. The maximum Gasteiger partial charge on any atom is 0.149 e. The highest BCUT2D eigenvalue weighted by Gasteiger charge is 2.21. The lowest BCUT2D eigenvalue weighted by Crippen LogP contribution is -2.25. The summed E-state index contributed by atoms with van der Waals surface area (Å²) in [5, 5.41) is 0. The number of hydrogen-bond acceptors (Lipinski definition) is 1. The minimum Gasteiger partial charge on any atom is -0.362 e. The summed E-state index contributed by atoms with van der Waals surface area (Å²) >= 11 is 5.66. The second kappa shape index (κ2) is 6.02. The maximum absolute atomic E-state index is 14.3. The van der Waals surface area contributed by atoms with Gasteiger partial charge in [-0.05, 0) is 41.7 Å². The van der Waals surface area contributed by atoms with Crippen molar-refractivity contribution in [1.29, 1.82) is 0 Å². The van der Waals surface area contributed by atoms with Crippen LogP contribution in [0, 0.1) is 11.6 Å². The molecule has 1 heterocycles. The topological polar surface area (TPSA) is 3.24 Å². The molecule has 110 valence electrons. The third-order valence-corrected chi connectivity index (χ3v) is 4.21. The van der Waals surface area contributed by atoms with Gasteiger partial charge in [-0.25, -0.2) is 8.78 Å². The summed E-state index contributed by atoms with van der Waals surface area (Å²) in [5.74, 6) is -0.966. The summed E-state index contributed by atoms with van der Waals surface area (Å²) in [6.45, 7) is 1.17. The molecule has 0 N–H and O–H groups in total. The highest BCUT2D eigenvalue weighted by Crippen LogP contribution is 2.29. The second-order valence-electron chi connectivity index (χ2n) is 5.34. The lowest BCUT2D eigenvalue weighted by atomic mass is 10.0. The van der Waals surface area contributed by atoms with Gasteiger partial charge < -0.3 is 4.90 Å². The molecule has 0 aromatic heterocycles. The normalized spacial score (nSPS) is 14.7. The van der Waals surface area contributed by atoms with Crippen LogP contribution in [0.4, 0.5) is 14.5 Å². The number of fused-ring (bicyclic) bond motifs is 1. The molecule has 1 aliphatic heterocycles. The van der Waals surface area contributed by atoms with E-state index < -0.39 is 11.6 Å². The van der Waals surface area contributed by atoms with Crippen molar-refractivity contribution in [3.63, 3.8) is 0 Å². The summed E-state index contributed by atoms with van der Waals surface area (Å²) in [5.41, 5.74) is 2.92. The van der Waals surface area contributed by atoms with Gasteiger partial charge in [-0.1, -0.05) is 24.3 Å². The quantitative estimate of drug-likeness (QED) is 0.730. The number of aryl methyl sites for hydroxylation is 1. The first kappa shape index (κ1) is 14.3. The van der Waals surface area contributed by atoms with Gasteiger partial charge >= 0.3 is 0 Å². The van der Waals surface area contributed by atoms with Crippen molar-refractivity contribution in [2.24, 2.45) is 0 Å². The fourth-order valence-electron chi connectivity index (χ4n) is 2.89. The van der Waals surface area contributed by atoms with Gasteiger partial charge in [0.15, 0.2) is 0 Å². The van der Waals surface area contributed by atoms with Crippen molar-refractivity contribution >= 4 is 17.3 Å². The SMILES string of the molecule is Fc1cc(CCl)cc(F)c1N1CCCc2ccccc2C1. The first-order chi connectivity index (χ1) is 10.2. The Bertz CT molecular complexity index is 634. The molecule has 2 aromatic rings. The lowest BCUT2D eigenvalue weighted by molar-refractivity contribution is 0.566. The minimum atomic E-state index is -0.537. The van der Waals surface area contributed by atoms with Crippen molar-refractivity contribution in [2.45, 2.75) is 25.3 Å². The fourth-order valence-corrected chi connectivity index (χ4v) is 3.04. The number of halogens is 3. The molecule has 0 unspecified atom stereocenters. The van der Waals surface area contributed by atoms with Gasteiger partial charge in [0.1, 0.15) is 17.3 Å². The van der Waals surface area contributed by atoms with Crippen LogP contribution in [0.3, 0.4) is 0 Å². The molecule has 0 bridgehead atoms. The Hall–Kier alpha value is -1.61. The number of alkyl halides is 1. The molecule has 0 radical (unpaired) electrons. The van der Waals surface area contributed by atoms with Gasteiger partial charge in [0.2, 0.25) is 0 Å². The predicted octanol–water partition coefficient (Wildman–Crippen LogP) is 4.66. The molecule has 0 fully saturated rings. The van der Waals surface area contributed by atoms with E-state index in [1.54, 1.807) is 4.90 Å². The number of nitrogens with zero attached hydrogens (tertiary/aromatic N) is 1. The number of anilines is 1. The van der Waals surface area contributed by atoms with E-state index in [2.05, 4.69) is 6.07 Å². The first-order valence-electron chi connectivity index (χ1n) is 7.04. The van der Waals surface area contributed by atoms with Crippen LogP contribution in [0.2, 0.25) is 0 Å². The van der Waals surface area contributed by atoms with Crippen LogP contribution in [-0.2, 0) is 18.8 Å². The maximum atomic E-state index is 14.3. The highest BCUT2D eigenvalue weighted by atomic mass is 35.5. The summed E-state index contributed by atoms with van der Waals surface area (Å²) in [6, 6.07) is 10.7. The largest absolute Gasteiger partial charge is 0.362 e. The Morgan fingerprint density at radius 1 is 1.05 bits per heavy atom. The molecule has 3 rings (SSSR count). The van der Waals surface area contributed by atoms with Gasteiger partial charge in [-0.2, -0.15) is 0 Å². The van der Waals surface area contributed by atoms with E-state index in [0.717, 1.165) is 18.4 Å². The molecule has 0 saturated heterocycles. The van der Waals surface area contributed by atoms with Crippen LogP contribution in [0.25, 0.3) is 0 Å². The third kappa shape index (κ3) is 2.88. The first-order valence-corrected chi connectivity index (χ1v) is 7.58. The Kier molecular flexibility index (Phi) is 4.11. The smallest absolute Gasteiger partial charge is 0.149 e. The molecule has 1 nitrogen and oxygen atoms in total. The van der Waals surface area contributed by atoms with E-state index in [4.69, 9.17) is 11.6 Å². The zero-order valence-corrected chi connectivity index (χ0v) is 12.3. The van der Waals surface area contributed by atoms with Crippen molar-refractivity contribution < 1.29 is 8.78 Å². The summed E-state index contributed by atoms with van der Waals surface area (Å²) < 4.78 is 28.5. The number of rotatable bonds is 2. The molecule has 1 aliphatic rings. The lowest BCUT2D eigenvalue weighted by Gasteiger charge is -2.24. The summed E-state index contributed by atoms with van der Waals surface area (Å²) in [7, 11) is 0. The van der Waals surface area contributed by atoms with E-state index in [1.807, 2.05) is 18.2 Å². The van der Waals surface area contributed by atoms with Crippen molar-refractivity contribution in [1.82, 2.24) is 0 Å². The zero-order valence-electron chi connectivity index (χ0n) is 11.6.